The number of likely N-dealkylation sites (tertiary alicyclic amines) is 1. The molecule has 2 aliphatic rings. The first kappa shape index (κ1) is 19.8. The van der Waals surface area contributed by atoms with Gasteiger partial charge in [-0.15, -0.1) is 0 Å². The van der Waals surface area contributed by atoms with E-state index in [9.17, 15) is 18.0 Å². The summed E-state index contributed by atoms with van der Waals surface area (Å²) in [7, 11) is 0. The Morgan fingerprint density at radius 3 is 2.38 bits per heavy atom. The third kappa shape index (κ3) is 3.86. The van der Waals surface area contributed by atoms with Crippen molar-refractivity contribution in [1.82, 2.24) is 19.9 Å². The Balaban J connectivity index is 1.61. The van der Waals surface area contributed by atoms with Crippen molar-refractivity contribution in [3.05, 3.63) is 23.1 Å². The van der Waals surface area contributed by atoms with Gasteiger partial charge in [-0.2, -0.15) is 13.2 Å². The van der Waals surface area contributed by atoms with Crippen LogP contribution >= 0.6 is 0 Å². The predicted molar refractivity (Wildman–Crippen MR) is 102 cm³/mol. The van der Waals surface area contributed by atoms with E-state index < -0.39 is 11.7 Å². The van der Waals surface area contributed by atoms with Crippen LogP contribution < -0.4 is 5.73 Å². The average Bonchev–Trinajstić information content (AvgIpc) is 3.20. The summed E-state index contributed by atoms with van der Waals surface area (Å²) in [5.74, 6) is 0.231. The molecule has 2 aromatic rings. The van der Waals surface area contributed by atoms with Gasteiger partial charge in [-0.25, -0.2) is 15.0 Å². The maximum absolute atomic E-state index is 13.7. The van der Waals surface area contributed by atoms with E-state index in [2.05, 4.69) is 15.0 Å². The Labute approximate surface area is 166 Å². The van der Waals surface area contributed by atoms with Crippen molar-refractivity contribution in [2.75, 3.05) is 18.8 Å². The molecule has 1 amide bonds. The molecule has 2 N–H and O–H groups in total. The monoisotopic (exact) mass is 407 g/mol. The highest BCUT2D eigenvalue weighted by molar-refractivity contribution is 5.89. The van der Waals surface area contributed by atoms with E-state index in [0.29, 0.717) is 31.6 Å². The summed E-state index contributed by atoms with van der Waals surface area (Å²) >= 11 is 0. The van der Waals surface area contributed by atoms with Crippen molar-refractivity contribution < 1.29 is 18.0 Å². The molecule has 0 unspecified atom stereocenters. The molecule has 4 rings (SSSR count). The van der Waals surface area contributed by atoms with Crippen LogP contribution in [0.5, 0.6) is 0 Å². The molecule has 9 heteroatoms. The van der Waals surface area contributed by atoms with Gasteiger partial charge in [0.15, 0.2) is 5.65 Å². The summed E-state index contributed by atoms with van der Waals surface area (Å²) < 4.78 is 41.1. The SMILES string of the molecule is Cc1nc(N)c2c(C(F)(F)F)cc(C3CCN(C(=O)C4CCCC4)CC3)nc2n1. The number of aryl methyl sites for hydroxylation is 1. The van der Waals surface area contributed by atoms with Gasteiger partial charge < -0.3 is 10.6 Å². The van der Waals surface area contributed by atoms with Crippen molar-refractivity contribution in [3.63, 3.8) is 0 Å². The van der Waals surface area contributed by atoms with E-state index in [1.807, 2.05) is 4.90 Å². The molecule has 0 spiro atoms. The molecular formula is C20H24F3N5O. The smallest absolute Gasteiger partial charge is 0.383 e. The molecular weight excluding hydrogens is 383 g/mol. The number of halogens is 3. The van der Waals surface area contributed by atoms with E-state index in [4.69, 9.17) is 5.73 Å². The maximum Gasteiger partial charge on any atom is 0.417 e. The van der Waals surface area contributed by atoms with Crippen molar-refractivity contribution >= 4 is 22.8 Å². The van der Waals surface area contributed by atoms with Crippen molar-refractivity contribution in [1.29, 1.82) is 0 Å². The zero-order valence-corrected chi connectivity index (χ0v) is 16.3. The van der Waals surface area contributed by atoms with Crippen molar-refractivity contribution in [2.45, 2.75) is 57.5 Å². The van der Waals surface area contributed by atoms with Crippen LogP contribution in [0.1, 0.15) is 61.5 Å². The number of amides is 1. The molecule has 1 aliphatic heterocycles. The van der Waals surface area contributed by atoms with E-state index in [0.717, 1.165) is 31.7 Å². The first-order chi connectivity index (χ1) is 13.7. The van der Waals surface area contributed by atoms with Gasteiger partial charge >= 0.3 is 6.18 Å². The number of nitrogens with two attached hydrogens (primary N) is 1. The molecule has 0 atom stereocenters. The third-order valence-corrected chi connectivity index (χ3v) is 6.06. The number of alkyl halides is 3. The highest BCUT2D eigenvalue weighted by Crippen LogP contribution is 2.39. The average molecular weight is 407 g/mol. The quantitative estimate of drug-likeness (QED) is 0.818. The van der Waals surface area contributed by atoms with Crippen LogP contribution in [0, 0.1) is 12.8 Å². The number of hydrogen-bond donors (Lipinski definition) is 1. The van der Waals surface area contributed by atoms with E-state index >= 15 is 0 Å². The van der Waals surface area contributed by atoms with Crippen LogP contribution in [-0.2, 0) is 11.0 Å². The van der Waals surface area contributed by atoms with Gasteiger partial charge in [0, 0.05) is 30.6 Å². The lowest BCUT2D eigenvalue weighted by Crippen LogP contribution is -2.41. The Morgan fingerprint density at radius 1 is 1.10 bits per heavy atom. The normalized spacial score (nSPS) is 19.2. The van der Waals surface area contributed by atoms with Gasteiger partial charge in [-0.1, -0.05) is 12.8 Å². The number of piperidine rings is 1. The number of rotatable bonds is 2. The van der Waals surface area contributed by atoms with Gasteiger partial charge in [-0.3, -0.25) is 4.79 Å². The fraction of sp³-hybridized carbons (Fsp3) is 0.600. The van der Waals surface area contributed by atoms with Crippen LogP contribution in [0.3, 0.4) is 0 Å². The molecule has 2 aromatic heterocycles. The molecule has 0 radical (unpaired) electrons. The standard InChI is InChI=1S/C20H24F3N5O/c1-11-25-17(24)16-14(20(21,22)23)10-15(27-18(16)26-11)12-6-8-28(9-7-12)19(29)13-4-2-3-5-13/h10,12-13H,2-9H2,1H3,(H2,24,25,26,27). The first-order valence-electron chi connectivity index (χ1n) is 10.0. The second kappa shape index (κ2) is 7.42. The van der Waals surface area contributed by atoms with E-state index in [1.165, 1.54) is 0 Å². The highest BCUT2D eigenvalue weighted by Gasteiger charge is 2.37. The molecule has 2 fully saturated rings. The molecule has 0 bridgehead atoms. The summed E-state index contributed by atoms with van der Waals surface area (Å²) in [5.41, 5.74) is 5.24. The summed E-state index contributed by atoms with van der Waals surface area (Å²) in [4.78, 5) is 26.8. The predicted octanol–water partition coefficient (Wildman–Crippen LogP) is 3.83. The molecule has 0 aromatic carbocycles. The number of aromatic nitrogens is 3. The van der Waals surface area contributed by atoms with Gasteiger partial charge in [0.05, 0.1) is 10.9 Å². The van der Waals surface area contributed by atoms with E-state index in [1.54, 1.807) is 6.92 Å². The van der Waals surface area contributed by atoms with Gasteiger partial charge in [-0.05, 0) is 38.7 Å². The topological polar surface area (TPSA) is 85.0 Å². The first-order valence-corrected chi connectivity index (χ1v) is 10.0. The number of pyridine rings is 1. The number of hydrogen-bond acceptors (Lipinski definition) is 5. The van der Waals surface area contributed by atoms with Gasteiger partial charge in [0.1, 0.15) is 11.6 Å². The highest BCUT2D eigenvalue weighted by atomic mass is 19.4. The van der Waals surface area contributed by atoms with Crippen LogP contribution in [0.4, 0.5) is 19.0 Å². The molecule has 6 nitrogen and oxygen atoms in total. The summed E-state index contributed by atoms with van der Waals surface area (Å²) in [6.07, 6.45) is 0.682. The molecule has 29 heavy (non-hydrogen) atoms. The molecule has 156 valence electrons. The Morgan fingerprint density at radius 2 is 1.76 bits per heavy atom. The van der Waals surface area contributed by atoms with E-state index in [-0.39, 0.29) is 40.4 Å². The zero-order valence-electron chi connectivity index (χ0n) is 16.3. The lowest BCUT2D eigenvalue weighted by atomic mass is 9.91. The number of nitrogen functional groups attached to an aromatic ring is 1. The minimum Gasteiger partial charge on any atom is -0.383 e. The number of carbonyl (C=O) groups excluding carboxylic acids is 1. The molecule has 1 aliphatic carbocycles. The number of anilines is 1. The van der Waals surface area contributed by atoms with Crippen molar-refractivity contribution in [2.24, 2.45) is 5.92 Å². The molecule has 1 saturated heterocycles. The lowest BCUT2D eigenvalue weighted by Gasteiger charge is -2.33. The van der Waals surface area contributed by atoms with Crippen LogP contribution in [-0.4, -0.2) is 38.8 Å². The number of nitrogens with zero attached hydrogens (tertiary/aromatic N) is 4. The summed E-state index contributed by atoms with van der Waals surface area (Å²) in [5, 5.41) is -0.249. The van der Waals surface area contributed by atoms with Gasteiger partial charge in [0.2, 0.25) is 5.91 Å². The molecule has 3 heterocycles. The van der Waals surface area contributed by atoms with Crippen LogP contribution in [0.15, 0.2) is 6.07 Å². The molecule has 1 saturated carbocycles. The maximum atomic E-state index is 13.7. The van der Waals surface area contributed by atoms with Crippen LogP contribution in [0.2, 0.25) is 0 Å². The summed E-state index contributed by atoms with van der Waals surface area (Å²) in [6, 6.07) is 1.08. The minimum atomic E-state index is -4.58. The van der Waals surface area contributed by atoms with Gasteiger partial charge in [0.25, 0.3) is 0 Å². The zero-order chi connectivity index (χ0) is 20.8. The van der Waals surface area contributed by atoms with Crippen molar-refractivity contribution in [3.8, 4) is 0 Å². The third-order valence-electron chi connectivity index (χ3n) is 6.06. The number of fused-ring (bicyclic) bond motifs is 1. The largest absolute Gasteiger partial charge is 0.417 e. The second-order valence-corrected chi connectivity index (χ2v) is 8.03. The second-order valence-electron chi connectivity index (χ2n) is 8.03. The number of carbonyl (C=O) groups is 1. The van der Waals surface area contributed by atoms with Crippen LogP contribution in [0.25, 0.3) is 11.0 Å². The Bertz CT molecular complexity index is 932. The fourth-order valence-electron chi connectivity index (χ4n) is 4.55. The Hall–Kier alpha value is -2.45. The minimum absolute atomic E-state index is 0.0238. The fourth-order valence-corrected chi connectivity index (χ4v) is 4.55. The summed E-state index contributed by atoms with van der Waals surface area (Å²) in [6.45, 7) is 2.67. The lowest BCUT2D eigenvalue weighted by molar-refractivity contribution is -0.136. The Kier molecular flexibility index (Phi) is 5.08.